The highest BCUT2D eigenvalue weighted by Crippen LogP contribution is 2.23. The zero-order chi connectivity index (χ0) is 13.8. The van der Waals surface area contributed by atoms with E-state index >= 15 is 0 Å². The molecule has 1 amide bonds. The lowest BCUT2D eigenvalue weighted by Gasteiger charge is -2.33. The Morgan fingerprint density at radius 1 is 1.63 bits per heavy atom. The number of nitrogens with one attached hydrogen (secondary N) is 1. The van der Waals surface area contributed by atoms with Crippen LogP contribution in [0.2, 0.25) is 0 Å². The minimum atomic E-state index is 0.0418. The SMILES string of the molecule is CNC(=O)C1CCCN(c2ccnc(C(N)=S)c2)C1. The quantitative estimate of drug-likeness (QED) is 0.796. The highest BCUT2D eigenvalue weighted by molar-refractivity contribution is 7.80. The fraction of sp³-hybridized carbons (Fsp3) is 0.462. The summed E-state index contributed by atoms with van der Waals surface area (Å²) in [6.45, 7) is 1.66. The normalized spacial score (nSPS) is 19.0. The molecular weight excluding hydrogens is 260 g/mol. The van der Waals surface area contributed by atoms with Crippen LogP contribution in [-0.2, 0) is 4.79 Å². The molecule has 1 aromatic heterocycles. The number of hydrogen-bond donors (Lipinski definition) is 2. The number of piperidine rings is 1. The lowest BCUT2D eigenvalue weighted by Crippen LogP contribution is -2.42. The molecule has 0 aromatic carbocycles. The fourth-order valence-corrected chi connectivity index (χ4v) is 2.49. The molecule has 102 valence electrons. The lowest BCUT2D eigenvalue weighted by atomic mass is 9.97. The molecule has 0 spiro atoms. The third-order valence-corrected chi connectivity index (χ3v) is 3.61. The Labute approximate surface area is 118 Å². The molecule has 3 N–H and O–H groups in total. The molecule has 0 radical (unpaired) electrons. The van der Waals surface area contributed by atoms with Gasteiger partial charge in [-0.3, -0.25) is 9.78 Å². The molecule has 0 saturated carbocycles. The molecule has 1 unspecified atom stereocenters. The summed E-state index contributed by atoms with van der Waals surface area (Å²) < 4.78 is 0. The molecule has 1 saturated heterocycles. The summed E-state index contributed by atoms with van der Waals surface area (Å²) in [7, 11) is 1.68. The molecule has 2 rings (SSSR count). The number of thiocarbonyl (C=S) groups is 1. The number of nitrogens with zero attached hydrogens (tertiary/aromatic N) is 2. The number of pyridine rings is 1. The van der Waals surface area contributed by atoms with Gasteiger partial charge in [0.2, 0.25) is 5.91 Å². The Balaban J connectivity index is 2.15. The van der Waals surface area contributed by atoms with E-state index < -0.39 is 0 Å². The smallest absolute Gasteiger partial charge is 0.224 e. The average Bonchev–Trinajstić information content (AvgIpc) is 2.46. The van der Waals surface area contributed by atoms with Crippen LogP contribution in [0.25, 0.3) is 0 Å². The molecule has 2 heterocycles. The minimum Gasteiger partial charge on any atom is -0.388 e. The largest absolute Gasteiger partial charge is 0.388 e. The van der Waals surface area contributed by atoms with Crippen molar-refractivity contribution in [2.24, 2.45) is 11.7 Å². The van der Waals surface area contributed by atoms with E-state index in [2.05, 4.69) is 15.2 Å². The van der Waals surface area contributed by atoms with Crippen LogP contribution in [0, 0.1) is 5.92 Å². The standard InChI is InChI=1S/C13H18N4OS/c1-15-13(18)9-3-2-6-17(8-9)10-4-5-16-11(7-10)12(14)19/h4-5,7,9H,2-3,6,8H2,1H3,(H2,14,19)(H,15,18). The average molecular weight is 278 g/mol. The number of anilines is 1. The van der Waals surface area contributed by atoms with Crippen LogP contribution >= 0.6 is 12.2 Å². The summed E-state index contributed by atoms with van der Waals surface area (Å²) in [5, 5.41) is 2.72. The second kappa shape index (κ2) is 5.97. The van der Waals surface area contributed by atoms with E-state index in [9.17, 15) is 4.79 Å². The van der Waals surface area contributed by atoms with Gasteiger partial charge in [0.05, 0.1) is 11.6 Å². The van der Waals surface area contributed by atoms with E-state index in [1.54, 1.807) is 13.2 Å². The zero-order valence-corrected chi connectivity index (χ0v) is 11.7. The van der Waals surface area contributed by atoms with Crippen molar-refractivity contribution in [1.82, 2.24) is 10.3 Å². The first kappa shape index (κ1) is 13.7. The maximum absolute atomic E-state index is 11.7. The van der Waals surface area contributed by atoms with Crippen molar-refractivity contribution in [2.45, 2.75) is 12.8 Å². The van der Waals surface area contributed by atoms with Crippen LogP contribution in [0.15, 0.2) is 18.3 Å². The van der Waals surface area contributed by atoms with E-state index in [-0.39, 0.29) is 11.8 Å². The van der Waals surface area contributed by atoms with Gasteiger partial charge >= 0.3 is 0 Å². The summed E-state index contributed by atoms with van der Waals surface area (Å²) in [6, 6.07) is 3.81. The number of carbonyl (C=O) groups is 1. The van der Waals surface area contributed by atoms with E-state index in [4.69, 9.17) is 18.0 Å². The summed E-state index contributed by atoms with van der Waals surface area (Å²) >= 11 is 4.94. The van der Waals surface area contributed by atoms with Crippen molar-refractivity contribution in [2.75, 3.05) is 25.0 Å². The van der Waals surface area contributed by atoms with Crippen LogP contribution in [0.1, 0.15) is 18.5 Å². The fourth-order valence-electron chi connectivity index (χ4n) is 2.38. The third-order valence-electron chi connectivity index (χ3n) is 3.40. The van der Waals surface area contributed by atoms with Crippen molar-refractivity contribution >= 4 is 28.8 Å². The number of carbonyl (C=O) groups excluding carboxylic acids is 1. The molecule has 1 aliphatic rings. The van der Waals surface area contributed by atoms with Gasteiger partial charge in [-0.2, -0.15) is 0 Å². The maximum atomic E-state index is 11.7. The van der Waals surface area contributed by atoms with Gasteiger partial charge in [0.15, 0.2) is 0 Å². The molecule has 1 aromatic rings. The Bertz CT molecular complexity index is 491. The van der Waals surface area contributed by atoms with Gasteiger partial charge < -0.3 is 16.0 Å². The molecule has 0 bridgehead atoms. The monoisotopic (exact) mass is 278 g/mol. The Morgan fingerprint density at radius 3 is 3.11 bits per heavy atom. The first-order chi connectivity index (χ1) is 9.11. The number of hydrogen-bond acceptors (Lipinski definition) is 4. The Kier molecular flexibility index (Phi) is 4.31. The zero-order valence-electron chi connectivity index (χ0n) is 10.9. The summed E-state index contributed by atoms with van der Waals surface area (Å²) in [5.74, 6) is 0.147. The van der Waals surface area contributed by atoms with Gasteiger partial charge in [0.1, 0.15) is 4.99 Å². The second-order valence-corrected chi connectivity index (χ2v) is 5.10. The topological polar surface area (TPSA) is 71.2 Å². The molecule has 0 aliphatic carbocycles. The Hall–Kier alpha value is -1.69. The highest BCUT2D eigenvalue weighted by Gasteiger charge is 2.25. The van der Waals surface area contributed by atoms with Crippen LogP contribution in [0.4, 0.5) is 5.69 Å². The molecule has 6 heteroatoms. The Morgan fingerprint density at radius 2 is 2.42 bits per heavy atom. The minimum absolute atomic E-state index is 0.0418. The molecule has 1 atom stereocenters. The molecule has 1 aliphatic heterocycles. The first-order valence-electron chi connectivity index (χ1n) is 6.34. The van der Waals surface area contributed by atoms with Crippen molar-refractivity contribution in [3.05, 3.63) is 24.0 Å². The van der Waals surface area contributed by atoms with Crippen molar-refractivity contribution in [3.8, 4) is 0 Å². The van der Waals surface area contributed by atoms with Gasteiger partial charge in [0, 0.05) is 32.0 Å². The van der Waals surface area contributed by atoms with Crippen LogP contribution in [0.3, 0.4) is 0 Å². The predicted octanol–water partition coefficient (Wildman–Crippen LogP) is 0.678. The predicted molar refractivity (Wildman–Crippen MR) is 79.1 cm³/mol. The van der Waals surface area contributed by atoms with Gasteiger partial charge in [-0.1, -0.05) is 12.2 Å². The summed E-state index contributed by atoms with van der Waals surface area (Å²) in [6.07, 6.45) is 3.64. The van der Waals surface area contributed by atoms with Crippen LogP contribution in [-0.4, -0.2) is 36.0 Å². The number of rotatable bonds is 3. The van der Waals surface area contributed by atoms with E-state index in [0.29, 0.717) is 10.7 Å². The van der Waals surface area contributed by atoms with Crippen LogP contribution < -0.4 is 16.0 Å². The molecular formula is C13H18N4OS. The third kappa shape index (κ3) is 3.20. The van der Waals surface area contributed by atoms with E-state index in [1.807, 2.05) is 12.1 Å². The summed E-state index contributed by atoms with van der Waals surface area (Å²) in [4.78, 5) is 18.3. The highest BCUT2D eigenvalue weighted by atomic mass is 32.1. The second-order valence-electron chi connectivity index (χ2n) is 4.66. The first-order valence-corrected chi connectivity index (χ1v) is 6.75. The number of aromatic nitrogens is 1. The summed E-state index contributed by atoms with van der Waals surface area (Å²) in [5.41, 5.74) is 7.24. The van der Waals surface area contributed by atoms with Gasteiger partial charge in [0.25, 0.3) is 0 Å². The van der Waals surface area contributed by atoms with Crippen molar-refractivity contribution < 1.29 is 4.79 Å². The van der Waals surface area contributed by atoms with E-state index in [1.165, 1.54) is 0 Å². The number of nitrogens with two attached hydrogens (primary N) is 1. The van der Waals surface area contributed by atoms with Crippen molar-refractivity contribution in [3.63, 3.8) is 0 Å². The molecule has 5 nitrogen and oxygen atoms in total. The lowest BCUT2D eigenvalue weighted by molar-refractivity contribution is -0.124. The molecule has 19 heavy (non-hydrogen) atoms. The van der Waals surface area contributed by atoms with Gasteiger partial charge in [-0.15, -0.1) is 0 Å². The van der Waals surface area contributed by atoms with Gasteiger partial charge in [-0.05, 0) is 25.0 Å². The van der Waals surface area contributed by atoms with Gasteiger partial charge in [-0.25, -0.2) is 0 Å². The van der Waals surface area contributed by atoms with E-state index in [0.717, 1.165) is 31.6 Å². The number of amides is 1. The van der Waals surface area contributed by atoms with Crippen LogP contribution in [0.5, 0.6) is 0 Å². The maximum Gasteiger partial charge on any atom is 0.224 e. The molecule has 1 fully saturated rings. The van der Waals surface area contributed by atoms with Crippen molar-refractivity contribution in [1.29, 1.82) is 0 Å².